The zero-order valence-electron chi connectivity index (χ0n) is 13.1. The second kappa shape index (κ2) is 7.10. The van der Waals surface area contributed by atoms with Crippen molar-refractivity contribution in [1.29, 1.82) is 0 Å². The van der Waals surface area contributed by atoms with Crippen LogP contribution in [0.15, 0.2) is 10.7 Å². The Balaban J connectivity index is 2.40. The van der Waals surface area contributed by atoms with Crippen molar-refractivity contribution in [3.63, 3.8) is 0 Å². The monoisotopic (exact) mass is 298 g/mol. The van der Waals surface area contributed by atoms with Crippen LogP contribution in [0, 0.1) is 0 Å². The molecular formula is C14H22N2O5. The van der Waals surface area contributed by atoms with E-state index in [1.165, 1.54) is 13.4 Å². The maximum atomic E-state index is 11.5. The largest absolute Gasteiger partial charge is 0.464 e. The number of hydrogen-bond acceptors (Lipinski definition) is 6. The standard InChI is InChI=1S/C14H22N2O5/c1-9(6-7-15-13(18)21-14(2,3)4)11-16-10(8-20-11)12(17)19-5/h8-9H,6-7H2,1-5H3,(H,15,18). The summed E-state index contributed by atoms with van der Waals surface area (Å²) >= 11 is 0. The first-order valence-electron chi connectivity index (χ1n) is 6.73. The van der Waals surface area contributed by atoms with Gasteiger partial charge in [-0.3, -0.25) is 0 Å². The average Bonchev–Trinajstić information content (AvgIpc) is 2.85. The van der Waals surface area contributed by atoms with Crippen molar-refractivity contribution in [2.75, 3.05) is 13.7 Å². The number of carbonyl (C=O) groups is 2. The average molecular weight is 298 g/mol. The molecule has 0 spiro atoms. The summed E-state index contributed by atoms with van der Waals surface area (Å²) in [4.78, 5) is 26.8. The first-order chi connectivity index (χ1) is 9.73. The molecule has 1 atom stereocenters. The van der Waals surface area contributed by atoms with Crippen LogP contribution in [0.25, 0.3) is 0 Å². The van der Waals surface area contributed by atoms with Crippen LogP contribution >= 0.6 is 0 Å². The number of hydrogen-bond donors (Lipinski definition) is 1. The SMILES string of the molecule is COC(=O)c1coc(C(C)CCNC(=O)OC(C)(C)C)n1. The fourth-order valence-corrected chi connectivity index (χ4v) is 1.54. The Bertz CT molecular complexity index is 490. The number of esters is 1. The third-order valence-electron chi connectivity index (χ3n) is 2.58. The minimum absolute atomic E-state index is 0.0432. The van der Waals surface area contributed by atoms with E-state index in [1.807, 2.05) is 6.92 Å². The number of nitrogens with zero attached hydrogens (tertiary/aromatic N) is 1. The minimum Gasteiger partial charge on any atom is -0.464 e. The molecule has 0 bridgehead atoms. The summed E-state index contributed by atoms with van der Waals surface area (Å²) < 4.78 is 14.9. The van der Waals surface area contributed by atoms with Crippen LogP contribution in [0.3, 0.4) is 0 Å². The molecule has 0 aromatic carbocycles. The molecule has 21 heavy (non-hydrogen) atoms. The van der Waals surface area contributed by atoms with E-state index >= 15 is 0 Å². The number of amides is 1. The molecule has 1 aromatic heterocycles. The van der Waals surface area contributed by atoms with Crippen LogP contribution in [0.1, 0.15) is 56.4 Å². The minimum atomic E-state index is -0.538. The van der Waals surface area contributed by atoms with Crippen molar-refractivity contribution in [1.82, 2.24) is 10.3 Å². The summed E-state index contributed by atoms with van der Waals surface area (Å²) in [6.45, 7) is 7.72. The maximum absolute atomic E-state index is 11.5. The lowest BCUT2D eigenvalue weighted by atomic mass is 10.1. The Morgan fingerprint density at radius 2 is 2.10 bits per heavy atom. The number of methoxy groups -OCH3 is 1. The number of oxazole rings is 1. The molecule has 0 aliphatic rings. The van der Waals surface area contributed by atoms with Crippen molar-refractivity contribution < 1.29 is 23.5 Å². The van der Waals surface area contributed by atoms with Crippen LogP contribution in [0.5, 0.6) is 0 Å². The fraction of sp³-hybridized carbons (Fsp3) is 0.643. The highest BCUT2D eigenvalue weighted by atomic mass is 16.6. The van der Waals surface area contributed by atoms with E-state index in [-0.39, 0.29) is 11.6 Å². The molecule has 1 unspecified atom stereocenters. The van der Waals surface area contributed by atoms with Gasteiger partial charge in [0.05, 0.1) is 7.11 Å². The van der Waals surface area contributed by atoms with Crippen LogP contribution in [-0.4, -0.2) is 36.3 Å². The van der Waals surface area contributed by atoms with Gasteiger partial charge in [-0.15, -0.1) is 0 Å². The molecule has 1 rings (SSSR count). The number of ether oxygens (including phenoxy) is 2. The Hall–Kier alpha value is -2.05. The van der Waals surface area contributed by atoms with Gasteiger partial charge in [0, 0.05) is 12.5 Å². The molecule has 0 aliphatic carbocycles. The maximum Gasteiger partial charge on any atom is 0.407 e. The van der Waals surface area contributed by atoms with Gasteiger partial charge in [-0.25, -0.2) is 14.6 Å². The van der Waals surface area contributed by atoms with E-state index in [9.17, 15) is 9.59 Å². The Labute approximate surface area is 124 Å². The van der Waals surface area contributed by atoms with Gasteiger partial charge in [-0.2, -0.15) is 0 Å². The summed E-state index contributed by atoms with van der Waals surface area (Å²) in [5.74, 6) is -0.149. The first-order valence-corrected chi connectivity index (χ1v) is 6.73. The second-order valence-corrected chi connectivity index (χ2v) is 5.68. The van der Waals surface area contributed by atoms with Crippen LogP contribution < -0.4 is 5.32 Å². The Kier molecular flexibility index (Phi) is 5.75. The molecule has 0 fully saturated rings. The van der Waals surface area contributed by atoms with E-state index < -0.39 is 17.7 Å². The van der Waals surface area contributed by atoms with Crippen LogP contribution in [0.4, 0.5) is 4.79 Å². The molecule has 0 aliphatic heterocycles. The molecule has 0 saturated carbocycles. The van der Waals surface area contributed by atoms with Crippen molar-refractivity contribution in [3.05, 3.63) is 17.8 Å². The van der Waals surface area contributed by atoms with Crippen molar-refractivity contribution in [2.45, 2.75) is 45.6 Å². The number of aromatic nitrogens is 1. The number of nitrogens with one attached hydrogen (secondary N) is 1. The van der Waals surface area contributed by atoms with Gasteiger partial charge in [-0.1, -0.05) is 6.92 Å². The van der Waals surface area contributed by atoms with Crippen LogP contribution in [-0.2, 0) is 9.47 Å². The number of carbonyl (C=O) groups excluding carboxylic acids is 2. The highest BCUT2D eigenvalue weighted by Gasteiger charge is 2.18. The second-order valence-electron chi connectivity index (χ2n) is 5.68. The highest BCUT2D eigenvalue weighted by Crippen LogP contribution is 2.18. The molecule has 7 nitrogen and oxygen atoms in total. The molecule has 0 saturated heterocycles. The summed E-state index contributed by atoms with van der Waals surface area (Å²) in [6.07, 6.45) is 1.41. The van der Waals surface area contributed by atoms with Gasteiger partial charge in [-0.05, 0) is 27.2 Å². The molecule has 7 heteroatoms. The molecule has 1 amide bonds. The van der Waals surface area contributed by atoms with Crippen molar-refractivity contribution >= 4 is 12.1 Å². The van der Waals surface area contributed by atoms with E-state index in [0.29, 0.717) is 18.9 Å². The molecular weight excluding hydrogens is 276 g/mol. The Morgan fingerprint density at radius 3 is 2.67 bits per heavy atom. The first kappa shape index (κ1) is 17.0. The summed E-state index contributed by atoms with van der Waals surface area (Å²) in [5, 5.41) is 2.66. The third kappa shape index (κ3) is 5.85. The lowest BCUT2D eigenvalue weighted by Gasteiger charge is -2.19. The Morgan fingerprint density at radius 1 is 1.43 bits per heavy atom. The predicted molar refractivity (Wildman–Crippen MR) is 75.1 cm³/mol. The normalized spacial score (nSPS) is 12.6. The molecule has 1 N–H and O–H groups in total. The number of rotatable bonds is 5. The lowest BCUT2D eigenvalue weighted by Crippen LogP contribution is -2.33. The van der Waals surface area contributed by atoms with Gasteiger partial charge < -0.3 is 19.2 Å². The number of alkyl carbamates (subject to hydrolysis) is 1. The molecule has 1 aromatic rings. The summed E-state index contributed by atoms with van der Waals surface area (Å²) in [5.41, 5.74) is -0.382. The van der Waals surface area contributed by atoms with Gasteiger partial charge in [0.25, 0.3) is 0 Å². The van der Waals surface area contributed by atoms with E-state index in [4.69, 9.17) is 9.15 Å². The third-order valence-corrected chi connectivity index (χ3v) is 2.58. The highest BCUT2D eigenvalue weighted by molar-refractivity contribution is 5.86. The molecule has 1 heterocycles. The molecule has 118 valence electrons. The van der Waals surface area contributed by atoms with Gasteiger partial charge in [0.1, 0.15) is 11.9 Å². The van der Waals surface area contributed by atoms with Gasteiger partial charge >= 0.3 is 12.1 Å². The summed E-state index contributed by atoms with van der Waals surface area (Å²) in [6, 6.07) is 0. The zero-order valence-corrected chi connectivity index (χ0v) is 13.1. The van der Waals surface area contributed by atoms with Crippen molar-refractivity contribution in [2.24, 2.45) is 0 Å². The molecule has 0 radical (unpaired) electrons. The smallest absolute Gasteiger partial charge is 0.407 e. The predicted octanol–water partition coefficient (Wildman–Crippen LogP) is 2.48. The van der Waals surface area contributed by atoms with Crippen molar-refractivity contribution in [3.8, 4) is 0 Å². The fourth-order valence-electron chi connectivity index (χ4n) is 1.54. The zero-order chi connectivity index (χ0) is 16.0. The van der Waals surface area contributed by atoms with Gasteiger partial charge in [0.2, 0.25) is 0 Å². The van der Waals surface area contributed by atoms with Crippen LogP contribution in [0.2, 0.25) is 0 Å². The van der Waals surface area contributed by atoms with E-state index in [0.717, 1.165) is 0 Å². The lowest BCUT2D eigenvalue weighted by molar-refractivity contribution is 0.0525. The van der Waals surface area contributed by atoms with E-state index in [2.05, 4.69) is 15.0 Å². The quantitative estimate of drug-likeness (QED) is 0.840. The van der Waals surface area contributed by atoms with E-state index in [1.54, 1.807) is 20.8 Å². The summed E-state index contributed by atoms with van der Waals surface area (Å²) in [7, 11) is 1.28. The van der Waals surface area contributed by atoms with Gasteiger partial charge in [0.15, 0.2) is 11.6 Å². The topological polar surface area (TPSA) is 90.7 Å².